The number of benzene rings is 1. The average molecular weight is 289 g/mol. The number of ether oxygens (including phenoxy) is 1. The SMILES string of the molecule is COC(=O)[C@H](Cc1ccccc1)N1O[C@]12CCC[C@@H](C)C2. The van der Waals surface area contributed by atoms with Gasteiger partial charge in [0.1, 0.15) is 6.04 Å². The molecule has 4 heteroatoms. The largest absolute Gasteiger partial charge is 0.468 e. The zero-order valence-corrected chi connectivity index (χ0v) is 12.7. The Balaban J connectivity index is 1.74. The van der Waals surface area contributed by atoms with Crippen LogP contribution in [0.5, 0.6) is 0 Å². The van der Waals surface area contributed by atoms with Crippen molar-refractivity contribution in [3.63, 3.8) is 0 Å². The minimum atomic E-state index is -0.345. The van der Waals surface area contributed by atoms with E-state index in [2.05, 4.69) is 6.92 Å². The number of carbonyl (C=O) groups excluding carboxylic acids is 1. The third-order valence-electron chi connectivity index (χ3n) is 4.60. The molecule has 1 aromatic rings. The Morgan fingerprint density at radius 3 is 2.90 bits per heavy atom. The highest BCUT2D eigenvalue weighted by Crippen LogP contribution is 2.50. The molecule has 1 saturated heterocycles. The monoisotopic (exact) mass is 289 g/mol. The summed E-state index contributed by atoms with van der Waals surface area (Å²) in [6.07, 6.45) is 5.07. The molecule has 0 amide bonds. The molecule has 1 aliphatic heterocycles. The summed E-state index contributed by atoms with van der Waals surface area (Å²) in [7, 11) is 1.44. The van der Waals surface area contributed by atoms with Gasteiger partial charge in [0.25, 0.3) is 0 Å². The standard InChI is InChI=1S/C17H23NO3/c1-13-7-6-10-17(12-13)18(21-17)15(16(19)20-2)11-14-8-4-3-5-9-14/h3-5,8-9,13,15H,6-7,10-12H2,1-2H3/t13-,15+,17+,18?/m1/s1. The minimum Gasteiger partial charge on any atom is -0.468 e. The zero-order chi connectivity index (χ0) is 14.9. The number of methoxy groups -OCH3 is 1. The Morgan fingerprint density at radius 1 is 1.48 bits per heavy atom. The van der Waals surface area contributed by atoms with Crippen LogP contribution in [0.15, 0.2) is 30.3 Å². The summed E-state index contributed by atoms with van der Waals surface area (Å²) >= 11 is 0. The lowest BCUT2D eigenvalue weighted by Gasteiger charge is -2.25. The van der Waals surface area contributed by atoms with Gasteiger partial charge in [0.15, 0.2) is 5.72 Å². The van der Waals surface area contributed by atoms with Crippen LogP contribution in [0.25, 0.3) is 0 Å². The summed E-state index contributed by atoms with van der Waals surface area (Å²) in [4.78, 5) is 18.1. The first-order chi connectivity index (χ1) is 10.1. The van der Waals surface area contributed by atoms with Gasteiger partial charge < -0.3 is 4.74 Å². The van der Waals surface area contributed by atoms with Crippen LogP contribution in [-0.2, 0) is 20.8 Å². The summed E-state index contributed by atoms with van der Waals surface area (Å²) < 4.78 is 4.99. The van der Waals surface area contributed by atoms with Crippen LogP contribution in [0, 0.1) is 5.92 Å². The van der Waals surface area contributed by atoms with Gasteiger partial charge in [-0.15, -0.1) is 5.06 Å². The topological polar surface area (TPSA) is 41.8 Å². The predicted octanol–water partition coefficient (Wildman–Crippen LogP) is 2.92. The fourth-order valence-electron chi connectivity index (χ4n) is 3.50. The molecule has 0 aromatic heterocycles. The second-order valence-electron chi connectivity index (χ2n) is 6.29. The molecule has 1 heterocycles. The van der Waals surface area contributed by atoms with E-state index in [0.29, 0.717) is 12.3 Å². The van der Waals surface area contributed by atoms with Crippen molar-refractivity contribution in [2.45, 2.75) is 50.8 Å². The van der Waals surface area contributed by atoms with Crippen molar-refractivity contribution in [2.75, 3.05) is 7.11 Å². The van der Waals surface area contributed by atoms with Crippen LogP contribution in [-0.4, -0.2) is 29.9 Å². The molecule has 1 saturated carbocycles. The van der Waals surface area contributed by atoms with Crippen molar-refractivity contribution >= 4 is 5.97 Å². The maximum atomic E-state index is 12.2. The van der Waals surface area contributed by atoms with Gasteiger partial charge >= 0.3 is 5.97 Å². The molecule has 0 N–H and O–H groups in total. The molecule has 1 spiro atoms. The highest BCUT2D eigenvalue weighted by molar-refractivity contribution is 5.76. The van der Waals surface area contributed by atoms with E-state index in [1.807, 2.05) is 35.4 Å². The molecule has 114 valence electrons. The molecule has 1 aliphatic carbocycles. The molecule has 0 radical (unpaired) electrons. The molecule has 2 fully saturated rings. The van der Waals surface area contributed by atoms with Gasteiger partial charge in [0.05, 0.1) is 7.11 Å². The third kappa shape index (κ3) is 2.97. The molecule has 3 rings (SSSR count). The summed E-state index contributed by atoms with van der Waals surface area (Å²) in [5.41, 5.74) is 0.910. The average Bonchev–Trinajstić information content (AvgIpc) is 3.17. The minimum absolute atomic E-state index is 0.214. The highest BCUT2D eigenvalue weighted by Gasteiger charge is 2.60. The smallest absolute Gasteiger partial charge is 0.325 e. The molecular formula is C17H23NO3. The number of hydroxylamine groups is 2. The van der Waals surface area contributed by atoms with Crippen molar-refractivity contribution in [1.29, 1.82) is 0 Å². The number of rotatable bonds is 4. The lowest BCUT2D eigenvalue weighted by Crippen LogP contribution is -2.38. The highest BCUT2D eigenvalue weighted by atomic mass is 16.9. The van der Waals surface area contributed by atoms with Gasteiger partial charge in [-0.05, 0) is 30.7 Å². The second-order valence-corrected chi connectivity index (χ2v) is 6.29. The fourth-order valence-corrected chi connectivity index (χ4v) is 3.50. The van der Waals surface area contributed by atoms with Crippen LogP contribution in [0.3, 0.4) is 0 Å². The van der Waals surface area contributed by atoms with Crippen LogP contribution in [0.4, 0.5) is 0 Å². The number of esters is 1. The molecular weight excluding hydrogens is 266 g/mol. The fraction of sp³-hybridized carbons (Fsp3) is 0.588. The number of carbonyl (C=O) groups is 1. The summed E-state index contributed by atoms with van der Waals surface area (Å²) in [5, 5.41) is 1.89. The molecule has 1 aromatic carbocycles. The van der Waals surface area contributed by atoms with E-state index in [9.17, 15) is 4.79 Å². The van der Waals surface area contributed by atoms with Crippen molar-refractivity contribution in [3.05, 3.63) is 35.9 Å². The number of hydrogen-bond donors (Lipinski definition) is 0. The number of nitrogens with zero attached hydrogens (tertiary/aromatic N) is 1. The van der Waals surface area contributed by atoms with Crippen molar-refractivity contribution in [1.82, 2.24) is 5.06 Å². The summed E-state index contributed by atoms with van der Waals surface area (Å²) in [6.45, 7) is 2.26. The first-order valence-electron chi connectivity index (χ1n) is 7.75. The predicted molar refractivity (Wildman–Crippen MR) is 79.2 cm³/mol. The first kappa shape index (κ1) is 14.5. The maximum Gasteiger partial charge on any atom is 0.325 e. The van der Waals surface area contributed by atoms with Gasteiger partial charge in [-0.2, -0.15) is 0 Å². The Kier molecular flexibility index (Phi) is 4.00. The van der Waals surface area contributed by atoms with E-state index in [1.165, 1.54) is 13.5 Å². The van der Waals surface area contributed by atoms with Gasteiger partial charge in [-0.25, -0.2) is 0 Å². The lowest BCUT2D eigenvalue weighted by atomic mass is 9.85. The Labute approximate surface area is 126 Å². The molecule has 2 aliphatic rings. The normalized spacial score (nSPS) is 32.7. The van der Waals surface area contributed by atoms with Crippen LogP contribution < -0.4 is 0 Å². The lowest BCUT2D eigenvalue weighted by molar-refractivity contribution is -0.147. The Hall–Kier alpha value is -1.39. The van der Waals surface area contributed by atoms with Crippen molar-refractivity contribution < 1.29 is 14.4 Å². The third-order valence-corrected chi connectivity index (χ3v) is 4.60. The van der Waals surface area contributed by atoms with Crippen molar-refractivity contribution in [3.8, 4) is 0 Å². The number of hydrogen-bond acceptors (Lipinski definition) is 4. The van der Waals surface area contributed by atoms with Crippen LogP contribution in [0.2, 0.25) is 0 Å². The molecule has 21 heavy (non-hydrogen) atoms. The Bertz CT molecular complexity index is 504. The van der Waals surface area contributed by atoms with Gasteiger partial charge in [0, 0.05) is 6.42 Å². The summed E-state index contributed by atoms with van der Waals surface area (Å²) in [6, 6.07) is 9.69. The molecule has 4 nitrogen and oxygen atoms in total. The van der Waals surface area contributed by atoms with E-state index in [1.54, 1.807) is 0 Å². The van der Waals surface area contributed by atoms with Gasteiger partial charge in [-0.3, -0.25) is 9.63 Å². The second kappa shape index (κ2) is 5.78. The van der Waals surface area contributed by atoms with E-state index in [-0.39, 0.29) is 17.7 Å². The molecule has 1 unspecified atom stereocenters. The van der Waals surface area contributed by atoms with E-state index in [0.717, 1.165) is 24.8 Å². The quantitative estimate of drug-likeness (QED) is 0.631. The summed E-state index contributed by atoms with van der Waals surface area (Å²) in [5.74, 6) is 0.438. The van der Waals surface area contributed by atoms with Crippen LogP contribution >= 0.6 is 0 Å². The first-order valence-corrected chi connectivity index (χ1v) is 7.75. The molecule has 4 atom stereocenters. The zero-order valence-electron chi connectivity index (χ0n) is 12.7. The van der Waals surface area contributed by atoms with Crippen LogP contribution in [0.1, 0.15) is 38.2 Å². The van der Waals surface area contributed by atoms with Gasteiger partial charge in [-0.1, -0.05) is 43.7 Å². The van der Waals surface area contributed by atoms with Gasteiger partial charge in [0.2, 0.25) is 0 Å². The Morgan fingerprint density at radius 2 is 2.24 bits per heavy atom. The van der Waals surface area contributed by atoms with E-state index < -0.39 is 0 Å². The van der Waals surface area contributed by atoms with Crippen molar-refractivity contribution in [2.24, 2.45) is 5.92 Å². The molecule has 0 bridgehead atoms. The van der Waals surface area contributed by atoms with E-state index in [4.69, 9.17) is 9.57 Å². The maximum absolute atomic E-state index is 12.2. The van der Waals surface area contributed by atoms with E-state index >= 15 is 0 Å².